The van der Waals surface area contributed by atoms with Crippen molar-refractivity contribution in [2.24, 2.45) is 0 Å². The molecule has 27 heavy (non-hydrogen) atoms. The molecule has 6 nitrogen and oxygen atoms in total. The van der Waals surface area contributed by atoms with E-state index in [2.05, 4.69) is 10.6 Å². The van der Waals surface area contributed by atoms with E-state index >= 15 is 0 Å². The fourth-order valence-corrected chi connectivity index (χ4v) is 3.11. The lowest BCUT2D eigenvalue weighted by Gasteiger charge is -2.14. The van der Waals surface area contributed by atoms with Crippen LogP contribution in [0.3, 0.4) is 0 Å². The Bertz CT molecular complexity index is 960. The van der Waals surface area contributed by atoms with Gasteiger partial charge in [-0.05, 0) is 48.7 Å². The number of carboxylic acid groups (broad SMARTS) is 1. The second kappa shape index (κ2) is 8.01. The molecule has 0 radical (unpaired) electrons. The van der Waals surface area contributed by atoms with Crippen LogP contribution in [-0.2, 0) is 6.42 Å². The Morgan fingerprint density at radius 1 is 1.19 bits per heavy atom. The first-order valence-corrected chi connectivity index (χ1v) is 7.72. The maximum atomic E-state index is 14.2. The van der Waals surface area contributed by atoms with Crippen LogP contribution in [0.25, 0.3) is 0 Å². The number of amides is 2. The highest BCUT2D eigenvalue weighted by atomic mass is 35.5. The van der Waals surface area contributed by atoms with Gasteiger partial charge in [0.1, 0.15) is 17.7 Å². The lowest BCUT2D eigenvalue weighted by atomic mass is 10.0. The molecule has 0 bridgehead atoms. The summed E-state index contributed by atoms with van der Waals surface area (Å²) in [4.78, 5) is 23.4. The largest absolute Gasteiger partial charge is 0.465 e. The van der Waals surface area contributed by atoms with Crippen molar-refractivity contribution in [3.8, 4) is 6.07 Å². The number of nitrogens with one attached hydrogen (secondary N) is 2. The number of rotatable bonds is 3. The summed E-state index contributed by atoms with van der Waals surface area (Å²) in [6, 6.07) is 6.98. The zero-order valence-corrected chi connectivity index (χ0v) is 14.6. The van der Waals surface area contributed by atoms with Crippen LogP contribution in [0.2, 0.25) is 0 Å². The van der Waals surface area contributed by atoms with E-state index in [1.807, 2.05) is 0 Å². The molecule has 1 unspecified atom stereocenters. The van der Waals surface area contributed by atoms with Gasteiger partial charge in [-0.3, -0.25) is 4.79 Å². The molecule has 9 heteroatoms. The van der Waals surface area contributed by atoms with Crippen molar-refractivity contribution in [3.63, 3.8) is 0 Å². The zero-order chi connectivity index (χ0) is 18.8. The van der Waals surface area contributed by atoms with Gasteiger partial charge in [0.2, 0.25) is 0 Å². The molecule has 0 fully saturated rings. The molecule has 0 heterocycles. The van der Waals surface area contributed by atoms with Gasteiger partial charge >= 0.3 is 6.09 Å². The van der Waals surface area contributed by atoms with Crippen molar-refractivity contribution in [2.75, 3.05) is 5.32 Å². The Balaban J connectivity index is 0.00000261. The number of carbonyl (C=O) groups excluding carboxylic acids is 1. The maximum absolute atomic E-state index is 14.2. The molecule has 0 saturated carbocycles. The minimum Gasteiger partial charge on any atom is -0.465 e. The summed E-state index contributed by atoms with van der Waals surface area (Å²) in [6.45, 7) is 0. The third-order valence-electron chi connectivity index (χ3n) is 4.22. The van der Waals surface area contributed by atoms with Crippen LogP contribution in [0, 0.1) is 23.0 Å². The molecule has 2 amide bonds. The second-order valence-corrected chi connectivity index (χ2v) is 5.79. The number of hydrogen-bond donors (Lipinski definition) is 3. The maximum Gasteiger partial charge on any atom is 0.405 e. The number of nitrogens with zero attached hydrogens (tertiary/aromatic N) is 1. The van der Waals surface area contributed by atoms with Gasteiger partial charge < -0.3 is 15.7 Å². The number of nitriles is 1. The Morgan fingerprint density at radius 3 is 2.56 bits per heavy atom. The predicted molar refractivity (Wildman–Crippen MR) is 94.9 cm³/mol. The van der Waals surface area contributed by atoms with Gasteiger partial charge in [0.15, 0.2) is 0 Å². The fraction of sp³-hybridized carbons (Fsp3) is 0.167. The van der Waals surface area contributed by atoms with Crippen LogP contribution >= 0.6 is 12.4 Å². The molecule has 3 N–H and O–H groups in total. The molecule has 2 aromatic rings. The number of anilines is 1. The average molecular weight is 394 g/mol. The van der Waals surface area contributed by atoms with E-state index in [4.69, 9.17) is 10.4 Å². The lowest BCUT2D eigenvalue weighted by molar-refractivity contribution is 0.102. The monoisotopic (exact) mass is 393 g/mol. The number of hydrogen-bond acceptors (Lipinski definition) is 3. The van der Waals surface area contributed by atoms with E-state index in [0.717, 1.165) is 12.1 Å². The van der Waals surface area contributed by atoms with Crippen molar-refractivity contribution < 1.29 is 23.5 Å². The molecule has 1 aliphatic rings. The van der Waals surface area contributed by atoms with Gasteiger partial charge in [0, 0.05) is 16.8 Å². The first-order chi connectivity index (χ1) is 12.4. The Labute approximate surface area is 159 Å². The standard InChI is InChI=1S/C18H13F2N3O3.ClH/c19-13-4-1-10(7-9(13)8-21)22-17(24)12-2-5-14(20)16-11(12)3-6-15(16)23-18(25)26;/h1-2,4-5,7,15,23H,3,6H2,(H,22,24)(H,25,26);1H. The van der Waals surface area contributed by atoms with E-state index in [9.17, 15) is 18.4 Å². The summed E-state index contributed by atoms with van der Waals surface area (Å²) in [5.41, 5.74) is 0.821. The van der Waals surface area contributed by atoms with Gasteiger partial charge in [-0.1, -0.05) is 0 Å². The van der Waals surface area contributed by atoms with Gasteiger partial charge in [-0.2, -0.15) is 5.26 Å². The average Bonchev–Trinajstić information content (AvgIpc) is 3.00. The number of fused-ring (bicyclic) bond motifs is 1. The van der Waals surface area contributed by atoms with E-state index in [1.54, 1.807) is 6.07 Å². The third-order valence-corrected chi connectivity index (χ3v) is 4.22. The van der Waals surface area contributed by atoms with Crippen LogP contribution in [0.1, 0.15) is 39.5 Å². The fourth-order valence-electron chi connectivity index (χ4n) is 3.11. The molecule has 3 rings (SSSR count). The third kappa shape index (κ3) is 3.99. The summed E-state index contributed by atoms with van der Waals surface area (Å²) >= 11 is 0. The Morgan fingerprint density at radius 2 is 1.89 bits per heavy atom. The summed E-state index contributed by atoms with van der Waals surface area (Å²) in [7, 11) is 0. The quantitative estimate of drug-likeness (QED) is 0.738. The summed E-state index contributed by atoms with van der Waals surface area (Å²) in [5.74, 6) is -1.83. The molecule has 0 aromatic heterocycles. The van der Waals surface area contributed by atoms with E-state index in [1.165, 1.54) is 18.2 Å². The molecular weight excluding hydrogens is 380 g/mol. The van der Waals surface area contributed by atoms with Gasteiger partial charge in [-0.25, -0.2) is 13.6 Å². The van der Waals surface area contributed by atoms with Gasteiger partial charge in [-0.15, -0.1) is 12.4 Å². The molecule has 0 saturated heterocycles. The molecule has 1 aliphatic carbocycles. The second-order valence-electron chi connectivity index (χ2n) is 5.79. The van der Waals surface area contributed by atoms with Crippen molar-refractivity contribution in [1.29, 1.82) is 5.26 Å². The van der Waals surface area contributed by atoms with Crippen LogP contribution in [0.5, 0.6) is 0 Å². The van der Waals surface area contributed by atoms with E-state index in [0.29, 0.717) is 18.4 Å². The van der Waals surface area contributed by atoms with Crippen LogP contribution in [-0.4, -0.2) is 17.1 Å². The lowest BCUT2D eigenvalue weighted by Crippen LogP contribution is -2.25. The van der Waals surface area contributed by atoms with Crippen molar-refractivity contribution in [2.45, 2.75) is 18.9 Å². The first-order valence-electron chi connectivity index (χ1n) is 7.72. The molecule has 0 spiro atoms. The van der Waals surface area contributed by atoms with E-state index < -0.39 is 29.7 Å². The highest BCUT2D eigenvalue weighted by molar-refractivity contribution is 6.05. The van der Waals surface area contributed by atoms with Gasteiger partial charge in [0.25, 0.3) is 5.91 Å². The Kier molecular flexibility index (Phi) is 5.98. The zero-order valence-electron chi connectivity index (χ0n) is 13.8. The van der Waals surface area contributed by atoms with Crippen molar-refractivity contribution in [3.05, 3.63) is 64.2 Å². The van der Waals surface area contributed by atoms with Crippen molar-refractivity contribution in [1.82, 2.24) is 5.32 Å². The topological polar surface area (TPSA) is 102 Å². The predicted octanol–water partition coefficient (Wildman–Crippen LogP) is 3.77. The highest BCUT2D eigenvalue weighted by Gasteiger charge is 2.31. The van der Waals surface area contributed by atoms with E-state index in [-0.39, 0.29) is 34.8 Å². The number of halogens is 3. The minimum atomic E-state index is -1.27. The molecule has 0 aliphatic heterocycles. The van der Waals surface area contributed by atoms with Gasteiger partial charge in [0.05, 0.1) is 11.6 Å². The minimum absolute atomic E-state index is 0. The summed E-state index contributed by atoms with van der Waals surface area (Å²) in [5, 5.41) is 22.5. The first kappa shape index (κ1) is 20.1. The number of carbonyl (C=O) groups is 2. The number of benzene rings is 2. The molecule has 2 aromatic carbocycles. The van der Waals surface area contributed by atoms with Crippen molar-refractivity contribution >= 4 is 30.1 Å². The Hall–Kier alpha value is -3.18. The van der Waals surface area contributed by atoms with Crippen LogP contribution in [0.15, 0.2) is 30.3 Å². The highest BCUT2D eigenvalue weighted by Crippen LogP contribution is 2.35. The molecule has 1 atom stereocenters. The summed E-state index contributed by atoms with van der Waals surface area (Å²) in [6.07, 6.45) is -0.585. The summed E-state index contributed by atoms with van der Waals surface area (Å²) < 4.78 is 27.5. The SMILES string of the molecule is Cl.N#Cc1cc(NC(=O)c2ccc(F)c3c2CCC3NC(=O)O)ccc1F. The molecular formula is C18H14ClF2N3O3. The molecule has 140 valence electrons. The normalized spacial score (nSPS) is 14.5. The van der Waals surface area contributed by atoms with Crippen LogP contribution in [0.4, 0.5) is 19.3 Å². The smallest absolute Gasteiger partial charge is 0.405 e. The van der Waals surface area contributed by atoms with Crippen LogP contribution < -0.4 is 10.6 Å².